The molecule has 0 spiro atoms. The average Bonchev–Trinajstić information content (AvgIpc) is 3.15. The van der Waals surface area contributed by atoms with Crippen molar-refractivity contribution in [1.82, 2.24) is 15.5 Å². The van der Waals surface area contributed by atoms with Crippen molar-refractivity contribution in [3.63, 3.8) is 0 Å². The molecule has 2 N–H and O–H groups in total. The Kier molecular flexibility index (Phi) is 5.22. The molecule has 5 heteroatoms. The lowest BCUT2D eigenvalue weighted by atomic mass is 10.3. The third-order valence-corrected chi connectivity index (χ3v) is 4.49. The Morgan fingerprint density at radius 1 is 1.53 bits per heavy atom. The van der Waals surface area contributed by atoms with Gasteiger partial charge in [-0.3, -0.25) is 9.89 Å². The van der Waals surface area contributed by atoms with E-state index < -0.39 is 0 Å². The Labute approximate surface area is 119 Å². The summed E-state index contributed by atoms with van der Waals surface area (Å²) in [5, 5.41) is 8.84. The lowest BCUT2D eigenvalue weighted by Crippen LogP contribution is -2.45. The number of nitrogens with zero attached hydrogens (tertiary/aromatic N) is 2. The number of thiophene rings is 1. The molecule has 1 heterocycles. The van der Waals surface area contributed by atoms with Gasteiger partial charge in [-0.25, -0.2) is 0 Å². The number of guanidine groups is 1. The molecule has 0 aromatic carbocycles. The predicted octanol–water partition coefficient (Wildman–Crippen LogP) is 1.90. The number of likely N-dealkylation sites (N-methyl/N-ethyl adjacent to an activating group) is 1. The van der Waals surface area contributed by atoms with Gasteiger partial charge in [0, 0.05) is 30.6 Å². The summed E-state index contributed by atoms with van der Waals surface area (Å²) in [5.41, 5.74) is 0. The molecule has 0 bridgehead atoms. The molecule has 0 saturated heterocycles. The molecule has 1 aliphatic rings. The second kappa shape index (κ2) is 6.91. The molecule has 4 nitrogen and oxygen atoms in total. The molecular formula is C14H24N4S. The third-order valence-electron chi connectivity index (χ3n) is 3.62. The van der Waals surface area contributed by atoms with Gasteiger partial charge in [0.2, 0.25) is 0 Å². The van der Waals surface area contributed by atoms with Gasteiger partial charge in [-0.1, -0.05) is 6.07 Å². The van der Waals surface area contributed by atoms with Gasteiger partial charge in [0.25, 0.3) is 0 Å². The van der Waals surface area contributed by atoms with Crippen LogP contribution < -0.4 is 10.6 Å². The van der Waals surface area contributed by atoms with Crippen LogP contribution in [0.4, 0.5) is 0 Å². The monoisotopic (exact) mass is 280 g/mol. The third kappa shape index (κ3) is 4.51. The molecule has 1 unspecified atom stereocenters. The second-order valence-electron chi connectivity index (χ2n) is 5.13. The SMILES string of the molecule is CN=C(NCc1cccs1)NCC(C)N(C)C1CC1. The maximum Gasteiger partial charge on any atom is 0.191 e. The normalized spacial score (nSPS) is 17.6. The number of aliphatic imine (C=N–C) groups is 1. The van der Waals surface area contributed by atoms with E-state index in [1.54, 1.807) is 11.3 Å². The van der Waals surface area contributed by atoms with E-state index in [1.807, 2.05) is 7.05 Å². The standard InChI is InChI=1S/C14H24N4S/c1-11(18(3)12-6-7-12)9-16-14(15-2)17-10-13-5-4-8-19-13/h4-5,8,11-12H,6-7,9-10H2,1-3H3,(H2,15,16,17). The van der Waals surface area contributed by atoms with Crippen LogP contribution in [0.1, 0.15) is 24.6 Å². The van der Waals surface area contributed by atoms with Crippen LogP contribution in [0, 0.1) is 0 Å². The Morgan fingerprint density at radius 3 is 2.89 bits per heavy atom. The van der Waals surface area contributed by atoms with E-state index >= 15 is 0 Å². The molecule has 19 heavy (non-hydrogen) atoms. The lowest BCUT2D eigenvalue weighted by Gasteiger charge is -2.25. The van der Waals surface area contributed by atoms with Gasteiger partial charge < -0.3 is 10.6 Å². The van der Waals surface area contributed by atoms with Gasteiger partial charge >= 0.3 is 0 Å². The highest BCUT2D eigenvalue weighted by atomic mass is 32.1. The molecule has 0 aliphatic heterocycles. The Hall–Kier alpha value is -1.07. The smallest absolute Gasteiger partial charge is 0.191 e. The van der Waals surface area contributed by atoms with E-state index in [2.05, 4.69) is 52.0 Å². The highest BCUT2D eigenvalue weighted by Gasteiger charge is 2.28. The lowest BCUT2D eigenvalue weighted by molar-refractivity contribution is 0.247. The molecule has 1 aromatic rings. The fourth-order valence-electron chi connectivity index (χ4n) is 2.03. The molecule has 1 aliphatic carbocycles. The van der Waals surface area contributed by atoms with Crippen LogP contribution in [0.3, 0.4) is 0 Å². The van der Waals surface area contributed by atoms with Crippen molar-refractivity contribution in [3.8, 4) is 0 Å². The van der Waals surface area contributed by atoms with Gasteiger partial charge in [0.1, 0.15) is 0 Å². The van der Waals surface area contributed by atoms with E-state index in [-0.39, 0.29) is 0 Å². The molecule has 1 fully saturated rings. The van der Waals surface area contributed by atoms with Gasteiger partial charge in [-0.05, 0) is 38.3 Å². The van der Waals surface area contributed by atoms with E-state index in [0.29, 0.717) is 6.04 Å². The first-order valence-corrected chi connectivity index (χ1v) is 7.77. The van der Waals surface area contributed by atoms with E-state index in [0.717, 1.165) is 25.1 Å². The van der Waals surface area contributed by atoms with Crippen molar-refractivity contribution in [1.29, 1.82) is 0 Å². The molecule has 1 saturated carbocycles. The first-order chi connectivity index (χ1) is 9.20. The van der Waals surface area contributed by atoms with Gasteiger partial charge in [-0.15, -0.1) is 11.3 Å². The molecule has 106 valence electrons. The maximum absolute atomic E-state index is 4.26. The van der Waals surface area contributed by atoms with Crippen LogP contribution in [0.5, 0.6) is 0 Å². The minimum atomic E-state index is 0.535. The molecule has 2 rings (SSSR count). The topological polar surface area (TPSA) is 39.7 Å². The molecule has 0 amide bonds. The summed E-state index contributed by atoms with van der Waals surface area (Å²) in [6.07, 6.45) is 2.71. The first-order valence-electron chi connectivity index (χ1n) is 6.89. The molecule has 0 radical (unpaired) electrons. The molecule has 1 atom stereocenters. The Bertz CT molecular complexity index is 398. The second-order valence-corrected chi connectivity index (χ2v) is 6.16. The summed E-state index contributed by atoms with van der Waals surface area (Å²) in [5.74, 6) is 0.879. The Morgan fingerprint density at radius 2 is 2.32 bits per heavy atom. The van der Waals surface area contributed by atoms with Crippen molar-refractivity contribution in [2.24, 2.45) is 4.99 Å². The zero-order valence-electron chi connectivity index (χ0n) is 12.0. The first kappa shape index (κ1) is 14.3. The summed E-state index contributed by atoms with van der Waals surface area (Å²) in [4.78, 5) is 8.04. The zero-order chi connectivity index (χ0) is 13.7. The molecule has 1 aromatic heterocycles. The summed E-state index contributed by atoms with van der Waals surface area (Å²) in [6, 6.07) is 5.55. The summed E-state index contributed by atoms with van der Waals surface area (Å²) >= 11 is 1.76. The molecular weight excluding hydrogens is 256 g/mol. The predicted molar refractivity (Wildman–Crippen MR) is 82.8 cm³/mol. The van der Waals surface area contributed by atoms with Crippen molar-refractivity contribution in [3.05, 3.63) is 22.4 Å². The van der Waals surface area contributed by atoms with E-state index in [1.165, 1.54) is 17.7 Å². The van der Waals surface area contributed by atoms with Crippen LogP contribution in [0.2, 0.25) is 0 Å². The van der Waals surface area contributed by atoms with Crippen molar-refractivity contribution >= 4 is 17.3 Å². The van der Waals surface area contributed by atoms with Crippen LogP contribution in [-0.2, 0) is 6.54 Å². The zero-order valence-corrected chi connectivity index (χ0v) is 12.8. The van der Waals surface area contributed by atoms with Crippen LogP contribution in [0.25, 0.3) is 0 Å². The Balaban J connectivity index is 1.70. The fraction of sp³-hybridized carbons (Fsp3) is 0.643. The number of rotatable bonds is 6. The highest BCUT2D eigenvalue weighted by molar-refractivity contribution is 7.09. The number of nitrogens with one attached hydrogen (secondary N) is 2. The van der Waals surface area contributed by atoms with Crippen LogP contribution in [0.15, 0.2) is 22.5 Å². The summed E-state index contributed by atoms with van der Waals surface area (Å²) in [7, 11) is 4.03. The van der Waals surface area contributed by atoms with Crippen LogP contribution in [-0.4, -0.2) is 43.6 Å². The van der Waals surface area contributed by atoms with Crippen molar-refractivity contribution < 1.29 is 0 Å². The maximum atomic E-state index is 4.26. The van der Waals surface area contributed by atoms with Crippen molar-refractivity contribution in [2.45, 2.75) is 38.4 Å². The summed E-state index contributed by atoms with van der Waals surface area (Å²) in [6.45, 7) is 4.03. The average molecular weight is 280 g/mol. The fourth-order valence-corrected chi connectivity index (χ4v) is 2.68. The quantitative estimate of drug-likeness (QED) is 0.617. The van der Waals surface area contributed by atoms with Crippen LogP contribution >= 0.6 is 11.3 Å². The number of hydrogen-bond acceptors (Lipinski definition) is 3. The van der Waals surface area contributed by atoms with Crippen molar-refractivity contribution in [2.75, 3.05) is 20.6 Å². The van der Waals surface area contributed by atoms with Gasteiger partial charge in [0.05, 0.1) is 6.54 Å². The summed E-state index contributed by atoms with van der Waals surface area (Å²) < 4.78 is 0. The highest BCUT2D eigenvalue weighted by Crippen LogP contribution is 2.26. The minimum Gasteiger partial charge on any atom is -0.355 e. The van der Waals surface area contributed by atoms with E-state index in [9.17, 15) is 0 Å². The van der Waals surface area contributed by atoms with E-state index in [4.69, 9.17) is 0 Å². The van der Waals surface area contributed by atoms with Gasteiger partial charge in [0.15, 0.2) is 5.96 Å². The number of hydrogen-bond donors (Lipinski definition) is 2. The minimum absolute atomic E-state index is 0.535. The van der Waals surface area contributed by atoms with Gasteiger partial charge in [-0.2, -0.15) is 0 Å². The largest absolute Gasteiger partial charge is 0.355 e.